The molecule has 2 aromatic rings. The first-order valence-corrected chi connectivity index (χ1v) is 9.71. The minimum atomic E-state index is -0.0478. The molecule has 0 aromatic heterocycles. The Balaban J connectivity index is 0.00000280. The third-order valence-corrected chi connectivity index (χ3v) is 5.64. The van der Waals surface area contributed by atoms with Crippen molar-refractivity contribution in [1.82, 2.24) is 4.90 Å². The minimum absolute atomic E-state index is 0. The van der Waals surface area contributed by atoms with E-state index < -0.39 is 0 Å². The maximum atomic E-state index is 12.7. The molecule has 6 heteroatoms. The third kappa shape index (κ3) is 5.63. The van der Waals surface area contributed by atoms with E-state index in [1.165, 1.54) is 0 Å². The van der Waals surface area contributed by atoms with Crippen LogP contribution in [0.2, 0.25) is 5.02 Å². The molecule has 1 heterocycles. The number of benzene rings is 2. The lowest BCUT2D eigenvalue weighted by Crippen LogP contribution is -2.54. The molecular weight excluding hydrogens is 395 g/mol. The van der Waals surface area contributed by atoms with Gasteiger partial charge >= 0.3 is 0 Å². The molecule has 1 aliphatic heterocycles. The van der Waals surface area contributed by atoms with Crippen LogP contribution in [0.5, 0.6) is 5.75 Å². The smallest absolute Gasteiger partial charge is 0.227 e. The summed E-state index contributed by atoms with van der Waals surface area (Å²) in [5, 5.41) is 0.690. The molecule has 28 heavy (non-hydrogen) atoms. The summed E-state index contributed by atoms with van der Waals surface area (Å²) in [5.74, 6) is 0.874. The van der Waals surface area contributed by atoms with Gasteiger partial charge in [0.1, 0.15) is 12.4 Å². The van der Waals surface area contributed by atoms with Gasteiger partial charge in [0.2, 0.25) is 5.91 Å². The van der Waals surface area contributed by atoms with Crippen molar-refractivity contribution in [2.75, 3.05) is 13.1 Å². The van der Waals surface area contributed by atoms with E-state index in [1.54, 1.807) is 0 Å². The Morgan fingerprint density at radius 1 is 1.25 bits per heavy atom. The van der Waals surface area contributed by atoms with E-state index in [1.807, 2.05) is 53.4 Å². The second kappa shape index (κ2) is 9.64. The zero-order valence-electron chi connectivity index (χ0n) is 16.4. The highest BCUT2D eigenvalue weighted by atomic mass is 35.5. The Morgan fingerprint density at radius 2 is 2.00 bits per heavy atom. The van der Waals surface area contributed by atoms with Gasteiger partial charge in [-0.1, -0.05) is 55.8 Å². The normalized spacial score (nSPS) is 18.3. The molecule has 1 unspecified atom stereocenters. The van der Waals surface area contributed by atoms with E-state index in [4.69, 9.17) is 22.1 Å². The topological polar surface area (TPSA) is 55.6 Å². The van der Waals surface area contributed by atoms with E-state index in [2.05, 4.69) is 13.8 Å². The fourth-order valence-electron chi connectivity index (χ4n) is 3.39. The molecule has 1 saturated heterocycles. The van der Waals surface area contributed by atoms with Gasteiger partial charge in [-0.05, 0) is 35.6 Å². The molecule has 4 nitrogen and oxygen atoms in total. The van der Waals surface area contributed by atoms with Crippen LogP contribution < -0.4 is 10.5 Å². The van der Waals surface area contributed by atoms with Crippen LogP contribution in [0.15, 0.2) is 48.5 Å². The highest BCUT2D eigenvalue weighted by Crippen LogP contribution is 2.28. The molecule has 0 aliphatic carbocycles. The predicted octanol–water partition coefficient (Wildman–Crippen LogP) is 4.47. The zero-order chi connectivity index (χ0) is 19.4. The van der Waals surface area contributed by atoms with Crippen molar-refractivity contribution < 1.29 is 9.53 Å². The lowest BCUT2D eigenvalue weighted by Gasteiger charge is -2.42. The van der Waals surface area contributed by atoms with Gasteiger partial charge in [0, 0.05) is 29.7 Å². The summed E-state index contributed by atoms with van der Waals surface area (Å²) in [4.78, 5) is 14.7. The van der Waals surface area contributed by atoms with Crippen LogP contribution >= 0.6 is 24.0 Å². The molecule has 1 aliphatic rings. The number of amides is 1. The van der Waals surface area contributed by atoms with Gasteiger partial charge in [-0.3, -0.25) is 4.79 Å². The average Bonchev–Trinajstić information content (AvgIpc) is 2.63. The van der Waals surface area contributed by atoms with Crippen molar-refractivity contribution in [2.45, 2.75) is 39.3 Å². The monoisotopic (exact) mass is 422 g/mol. The molecule has 2 aromatic carbocycles. The standard InChI is InChI=1S/C22H27ClN2O2.ClH/c1-22(2)15-25(11-10-20(22)24)21(26)13-16-6-5-8-18(12-16)27-14-17-7-3-4-9-19(17)23;/h3-9,12,20H,10-11,13-15,24H2,1-2H3;1H. The summed E-state index contributed by atoms with van der Waals surface area (Å²) in [7, 11) is 0. The van der Waals surface area contributed by atoms with E-state index in [0.29, 0.717) is 24.6 Å². The molecule has 152 valence electrons. The highest BCUT2D eigenvalue weighted by Gasteiger charge is 2.35. The van der Waals surface area contributed by atoms with Crippen molar-refractivity contribution in [3.05, 3.63) is 64.7 Å². The summed E-state index contributed by atoms with van der Waals surface area (Å²) < 4.78 is 5.86. The summed E-state index contributed by atoms with van der Waals surface area (Å²) in [6.45, 7) is 6.08. The number of nitrogens with zero attached hydrogens (tertiary/aromatic N) is 1. The average molecular weight is 423 g/mol. The fourth-order valence-corrected chi connectivity index (χ4v) is 3.59. The molecule has 0 spiro atoms. The van der Waals surface area contributed by atoms with Crippen molar-refractivity contribution in [1.29, 1.82) is 0 Å². The fraction of sp³-hybridized carbons (Fsp3) is 0.409. The van der Waals surface area contributed by atoms with E-state index in [0.717, 1.165) is 29.8 Å². The Labute approximate surface area is 178 Å². The number of nitrogens with two attached hydrogens (primary N) is 1. The number of carbonyl (C=O) groups excluding carboxylic acids is 1. The van der Waals surface area contributed by atoms with E-state index in [-0.39, 0.29) is 29.8 Å². The molecule has 3 rings (SSSR count). The van der Waals surface area contributed by atoms with Crippen LogP contribution in [-0.2, 0) is 17.8 Å². The lowest BCUT2D eigenvalue weighted by molar-refractivity contribution is -0.133. The molecule has 0 saturated carbocycles. The minimum Gasteiger partial charge on any atom is -0.489 e. The zero-order valence-corrected chi connectivity index (χ0v) is 17.9. The molecule has 0 radical (unpaired) electrons. The second-order valence-corrected chi connectivity index (χ2v) is 8.31. The van der Waals surface area contributed by atoms with Gasteiger partial charge in [0.25, 0.3) is 0 Å². The predicted molar refractivity (Wildman–Crippen MR) is 116 cm³/mol. The van der Waals surface area contributed by atoms with Crippen LogP contribution in [0.25, 0.3) is 0 Å². The first kappa shape index (κ1) is 22.5. The molecule has 0 bridgehead atoms. The number of ether oxygens (including phenoxy) is 1. The molecule has 1 fully saturated rings. The van der Waals surface area contributed by atoms with Gasteiger partial charge in [0.05, 0.1) is 6.42 Å². The van der Waals surface area contributed by atoms with Crippen LogP contribution in [0.4, 0.5) is 0 Å². The number of halogens is 2. The number of piperidine rings is 1. The number of rotatable bonds is 5. The molecule has 1 atom stereocenters. The molecule has 2 N–H and O–H groups in total. The van der Waals surface area contributed by atoms with Gasteiger partial charge < -0.3 is 15.4 Å². The molecular formula is C22H28Cl2N2O2. The van der Waals surface area contributed by atoms with Crippen LogP contribution in [0.3, 0.4) is 0 Å². The largest absolute Gasteiger partial charge is 0.489 e. The third-order valence-electron chi connectivity index (χ3n) is 5.27. The van der Waals surface area contributed by atoms with E-state index in [9.17, 15) is 4.79 Å². The van der Waals surface area contributed by atoms with Gasteiger partial charge in [-0.15, -0.1) is 12.4 Å². The Morgan fingerprint density at radius 3 is 2.71 bits per heavy atom. The van der Waals surface area contributed by atoms with Crippen LogP contribution in [0, 0.1) is 5.41 Å². The van der Waals surface area contributed by atoms with Crippen molar-refractivity contribution in [3.63, 3.8) is 0 Å². The van der Waals surface area contributed by atoms with Crippen LogP contribution in [0.1, 0.15) is 31.4 Å². The summed E-state index contributed by atoms with van der Waals surface area (Å²) in [6, 6.07) is 15.5. The molecule has 1 amide bonds. The van der Waals surface area contributed by atoms with Gasteiger partial charge in [-0.25, -0.2) is 0 Å². The maximum absolute atomic E-state index is 12.7. The second-order valence-electron chi connectivity index (χ2n) is 7.90. The highest BCUT2D eigenvalue weighted by molar-refractivity contribution is 6.31. The first-order valence-electron chi connectivity index (χ1n) is 9.34. The Kier molecular flexibility index (Phi) is 7.76. The van der Waals surface area contributed by atoms with Crippen molar-refractivity contribution in [3.8, 4) is 5.75 Å². The SMILES string of the molecule is CC1(C)CN(C(=O)Cc2cccc(OCc3ccccc3Cl)c2)CCC1N.Cl. The first-order chi connectivity index (χ1) is 12.8. The van der Waals surface area contributed by atoms with Gasteiger partial charge in [0.15, 0.2) is 0 Å². The quantitative estimate of drug-likeness (QED) is 0.772. The lowest BCUT2D eigenvalue weighted by atomic mass is 9.79. The van der Waals surface area contributed by atoms with Crippen LogP contribution in [-0.4, -0.2) is 29.9 Å². The number of hydrogen-bond donors (Lipinski definition) is 1. The number of likely N-dealkylation sites (tertiary alicyclic amines) is 1. The number of hydrogen-bond acceptors (Lipinski definition) is 3. The van der Waals surface area contributed by atoms with Gasteiger partial charge in [-0.2, -0.15) is 0 Å². The summed E-state index contributed by atoms with van der Waals surface area (Å²) in [5.41, 5.74) is 8.01. The Hall–Kier alpha value is -1.75. The summed E-state index contributed by atoms with van der Waals surface area (Å²) >= 11 is 6.17. The Bertz CT molecular complexity index is 811. The van der Waals surface area contributed by atoms with Crippen molar-refractivity contribution >= 4 is 29.9 Å². The van der Waals surface area contributed by atoms with E-state index >= 15 is 0 Å². The maximum Gasteiger partial charge on any atom is 0.227 e. The number of carbonyl (C=O) groups is 1. The van der Waals surface area contributed by atoms with Crippen molar-refractivity contribution in [2.24, 2.45) is 11.1 Å². The summed E-state index contributed by atoms with van der Waals surface area (Å²) in [6.07, 6.45) is 1.22.